The van der Waals surface area contributed by atoms with Gasteiger partial charge in [-0.3, -0.25) is 4.79 Å². The molecule has 0 aliphatic carbocycles. The minimum absolute atomic E-state index is 0.00243. The Morgan fingerprint density at radius 3 is 2.58 bits per heavy atom. The number of pyridine rings is 1. The molecule has 1 aromatic heterocycles. The molecular weight excluding hydrogens is 322 g/mol. The minimum Gasteiger partial charge on any atom is -0.495 e. The standard InChI is InChI=1S/C20H16ClNO2/c1-24-18-12-17(13-5-3-2-4-6-13)20(23)22-10-9-14-7-8-15(21)11-16(14)19(18)22/h2-8,11-12H,9-10H2,1H3. The first-order valence-electron chi connectivity index (χ1n) is 7.85. The summed E-state index contributed by atoms with van der Waals surface area (Å²) in [7, 11) is 1.63. The van der Waals surface area contributed by atoms with Crippen molar-refractivity contribution in [1.82, 2.24) is 4.57 Å². The number of ether oxygens (including phenoxy) is 1. The van der Waals surface area contributed by atoms with Crippen molar-refractivity contribution in [2.75, 3.05) is 7.11 Å². The highest BCUT2D eigenvalue weighted by Crippen LogP contribution is 2.38. The third-order valence-corrected chi connectivity index (χ3v) is 4.73. The van der Waals surface area contributed by atoms with E-state index < -0.39 is 0 Å². The summed E-state index contributed by atoms with van der Waals surface area (Å²) in [6.45, 7) is 0.639. The van der Waals surface area contributed by atoms with Crippen molar-refractivity contribution in [2.45, 2.75) is 13.0 Å². The molecule has 24 heavy (non-hydrogen) atoms. The molecule has 0 spiro atoms. The number of aromatic nitrogens is 1. The first kappa shape index (κ1) is 15.0. The number of methoxy groups -OCH3 is 1. The van der Waals surface area contributed by atoms with Crippen LogP contribution >= 0.6 is 11.6 Å². The summed E-state index contributed by atoms with van der Waals surface area (Å²) < 4.78 is 7.43. The molecule has 0 amide bonds. The predicted octanol–water partition coefficient (Wildman–Crippen LogP) is 4.40. The fourth-order valence-electron chi connectivity index (χ4n) is 3.33. The normalized spacial score (nSPS) is 12.4. The molecule has 0 atom stereocenters. The molecule has 3 aromatic rings. The number of benzene rings is 2. The number of halogens is 1. The van der Waals surface area contributed by atoms with Crippen molar-refractivity contribution in [3.63, 3.8) is 0 Å². The Morgan fingerprint density at radius 1 is 1.04 bits per heavy atom. The fourth-order valence-corrected chi connectivity index (χ4v) is 3.50. The van der Waals surface area contributed by atoms with E-state index >= 15 is 0 Å². The number of rotatable bonds is 2. The molecule has 0 unspecified atom stereocenters. The van der Waals surface area contributed by atoms with E-state index in [4.69, 9.17) is 16.3 Å². The maximum atomic E-state index is 13.1. The second-order valence-corrected chi connectivity index (χ2v) is 6.29. The Kier molecular flexibility index (Phi) is 3.66. The molecule has 0 bridgehead atoms. The van der Waals surface area contributed by atoms with Gasteiger partial charge in [-0.25, -0.2) is 0 Å². The molecule has 1 aliphatic rings. The zero-order chi connectivity index (χ0) is 16.7. The molecule has 0 radical (unpaired) electrons. The SMILES string of the molecule is COc1cc(-c2ccccc2)c(=O)n2c1-c1cc(Cl)ccc1CC2. The minimum atomic E-state index is 0.00243. The molecule has 0 saturated carbocycles. The topological polar surface area (TPSA) is 31.2 Å². The van der Waals surface area contributed by atoms with Gasteiger partial charge in [-0.1, -0.05) is 48.0 Å². The van der Waals surface area contributed by atoms with E-state index in [1.165, 1.54) is 5.56 Å². The lowest BCUT2D eigenvalue weighted by Crippen LogP contribution is -2.27. The van der Waals surface area contributed by atoms with Crippen LogP contribution in [0.4, 0.5) is 0 Å². The number of nitrogens with zero attached hydrogens (tertiary/aromatic N) is 1. The van der Waals surface area contributed by atoms with Gasteiger partial charge in [-0.15, -0.1) is 0 Å². The molecule has 2 heterocycles. The number of aryl methyl sites for hydroxylation is 1. The first-order valence-corrected chi connectivity index (χ1v) is 8.23. The molecule has 4 heteroatoms. The average Bonchev–Trinajstić information content (AvgIpc) is 2.62. The van der Waals surface area contributed by atoms with Gasteiger partial charge in [0.15, 0.2) is 0 Å². The van der Waals surface area contributed by atoms with Gasteiger partial charge in [0.05, 0.1) is 18.4 Å². The molecule has 3 nitrogen and oxygen atoms in total. The Balaban J connectivity index is 2.03. The van der Waals surface area contributed by atoms with Crippen LogP contribution < -0.4 is 10.3 Å². The van der Waals surface area contributed by atoms with Crippen LogP contribution in [0.2, 0.25) is 5.02 Å². The average molecular weight is 338 g/mol. The van der Waals surface area contributed by atoms with Gasteiger partial charge >= 0.3 is 0 Å². The molecule has 0 saturated heterocycles. The Morgan fingerprint density at radius 2 is 1.83 bits per heavy atom. The summed E-state index contributed by atoms with van der Waals surface area (Å²) >= 11 is 6.18. The molecule has 0 fully saturated rings. The van der Waals surface area contributed by atoms with Crippen molar-refractivity contribution in [3.05, 3.63) is 75.5 Å². The van der Waals surface area contributed by atoms with Gasteiger partial charge in [0, 0.05) is 17.1 Å². The molecule has 120 valence electrons. The highest BCUT2D eigenvalue weighted by atomic mass is 35.5. The molecule has 0 N–H and O–H groups in total. The first-order chi connectivity index (χ1) is 11.7. The summed E-state index contributed by atoms with van der Waals surface area (Å²) in [5.41, 5.74) is 4.52. The van der Waals surface area contributed by atoms with Crippen molar-refractivity contribution < 1.29 is 4.74 Å². The molecule has 4 rings (SSSR count). The van der Waals surface area contributed by atoms with Gasteiger partial charge in [0.25, 0.3) is 5.56 Å². The highest BCUT2D eigenvalue weighted by Gasteiger charge is 2.23. The highest BCUT2D eigenvalue weighted by molar-refractivity contribution is 6.30. The van der Waals surface area contributed by atoms with Crippen LogP contribution in [0, 0.1) is 0 Å². The van der Waals surface area contributed by atoms with Crippen LogP contribution in [0.5, 0.6) is 5.75 Å². The summed E-state index contributed by atoms with van der Waals surface area (Å²) in [6, 6.07) is 17.3. The van der Waals surface area contributed by atoms with Gasteiger partial charge in [-0.2, -0.15) is 0 Å². The summed E-state index contributed by atoms with van der Waals surface area (Å²) in [5, 5.41) is 0.656. The lowest BCUT2D eigenvalue weighted by molar-refractivity contribution is 0.410. The van der Waals surface area contributed by atoms with Crippen molar-refractivity contribution >= 4 is 11.6 Å². The molecule has 2 aromatic carbocycles. The maximum absolute atomic E-state index is 13.1. The Labute approximate surface area is 145 Å². The summed E-state index contributed by atoms with van der Waals surface area (Å²) in [5.74, 6) is 0.691. The smallest absolute Gasteiger partial charge is 0.259 e. The van der Waals surface area contributed by atoms with Crippen LogP contribution in [0.25, 0.3) is 22.4 Å². The van der Waals surface area contributed by atoms with E-state index in [0.29, 0.717) is 22.9 Å². The number of hydrogen-bond donors (Lipinski definition) is 0. The van der Waals surface area contributed by atoms with E-state index in [-0.39, 0.29) is 5.56 Å². The Hall–Kier alpha value is -2.52. The van der Waals surface area contributed by atoms with E-state index in [9.17, 15) is 4.79 Å². The number of fused-ring (bicyclic) bond motifs is 3. The van der Waals surface area contributed by atoms with Crippen LogP contribution in [0.1, 0.15) is 5.56 Å². The lowest BCUT2D eigenvalue weighted by Gasteiger charge is -2.25. The lowest BCUT2D eigenvalue weighted by atomic mass is 9.95. The monoisotopic (exact) mass is 337 g/mol. The number of hydrogen-bond acceptors (Lipinski definition) is 2. The Bertz CT molecular complexity index is 977. The van der Waals surface area contributed by atoms with Crippen molar-refractivity contribution in [1.29, 1.82) is 0 Å². The third-order valence-electron chi connectivity index (χ3n) is 4.49. The largest absolute Gasteiger partial charge is 0.495 e. The third kappa shape index (κ3) is 2.33. The summed E-state index contributed by atoms with van der Waals surface area (Å²) in [4.78, 5) is 13.1. The maximum Gasteiger partial charge on any atom is 0.259 e. The zero-order valence-electron chi connectivity index (χ0n) is 13.3. The van der Waals surface area contributed by atoms with Gasteiger partial charge in [0.2, 0.25) is 0 Å². The van der Waals surface area contributed by atoms with Gasteiger partial charge < -0.3 is 9.30 Å². The van der Waals surface area contributed by atoms with Crippen LogP contribution in [-0.2, 0) is 13.0 Å². The fraction of sp³-hybridized carbons (Fsp3) is 0.150. The van der Waals surface area contributed by atoms with Crippen molar-refractivity contribution in [2.24, 2.45) is 0 Å². The van der Waals surface area contributed by atoms with E-state index in [1.54, 1.807) is 11.7 Å². The van der Waals surface area contributed by atoms with Gasteiger partial charge in [0.1, 0.15) is 5.75 Å². The van der Waals surface area contributed by atoms with Crippen molar-refractivity contribution in [3.8, 4) is 28.1 Å². The second-order valence-electron chi connectivity index (χ2n) is 5.85. The van der Waals surface area contributed by atoms with Gasteiger partial charge in [-0.05, 0) is 35.7 Å². The molecule has 1 aliphatic heterocycles. The zero-order valence-corrected chi connectivity index (χ0v) is 14.0. The van der Waals surface area contributed by atoms with Crippen LogP contribution in [0.3, 0.4) is 0 Å². The van der Waals surface area contributed by atoms with Crippen LogP contribution in [0.15, 0.2) is 59.4 Å². The van der Waals surface area contributed by atoms with E-state index in [2.05, 4.69) is 0 Å². The second kappa shape index (κ2) is 5.84. The summed E-state index contributed by atoms with van der Waals surface area (Å²) in [6.07, 6.45) is 0.806. The van der Waals surface area contributed by atoms with E-state index in [0.717, 1.165) is 23.2 Å². The molecular formula is C20H16ClNO2. The van der Waals surface area contributed by atoms with Crippen LogP contribution in [-0.4, -0.2) is 11.7 Å². The van der Waals surface area contributed by atoms with E-state index in [1.807, 2.05) is 54.6 Å². The quantitative estimate of drug-likeness (QED) is 0.694. The predicted molar refractivity (Wildman–Crippen MR) is 96.8 cm³/mol.